The number of carbonyl (C=O) groups is 4. The van der Waals surface area contributed by atoms with Gasteiger partial charge in [0.15, 0.2) is 5.54 Å². The van der Waals surface area contributed by atoms with Gasteiger partial charge < -0.3 is 20.1 Å². The highest BCUT2D eigenvalue weighted by atomic mass is 32.2. The lowest BCUT2D eigenvalue weighted by Gasteiger charge is -2.32. The van der Waals surface area contributed by atoms with Crippen LogP contribution in [0.25, 0.3) is 0 Å². The van der Waals surface area contributed by atoms with Gasteiger partial charge in [0, 0.05) is 23.0 Å². The van der Waals surface area contributed by atoms with Gasteiger partial charge in [-0.2, -0.15) is 0 Å². The zero-order chi connectivity index (χ0) is 27.9. The number of hydrogen-bond donors (Lipinski definition) is 2. The molecule has 4 atom stereocenters. The summed E-state index contributed by atoms with van der Waals surface area (Å²) in [6.45, 7) is 12.4. The fraction of sp³-hybridized carbons (Fsp3) is 0.739. The van der Waals surface area contributed by atoms with E-state index in [9.17, 15) is 19.2 Å². The second kappa shape index (κ2) is 10.6. The van der Waals surface area contributed by atoms with Gasteiger partial charge in [0.1, 0.15) is 11.1 Å². The predicted octanol–water partition coefficient (Wildman–Crippen LogP) is 3.73. The molecule has 10 nitrogen and oxygen atoms in total. The van der Waals surface area contributed by atoms with Crippen LogP contribution in [0.3, 0.4) is 0 Å². The summed E-state index contributed by atoms with van der Waals surface area (Å²) >= 11 is 5.07. The summed E-state index contributed by atoms with van der Waals surface area (Å²) in [5, 5.41) is 6.81. The molecular formula is C23H34N4O6S4. The fourth-order valence-corrected chi connectivity index (χ4v) is 8.54. The van der Waals surface area contributed by atoms with Crippen LogP contribution in [-0.4, -0.2) is 90.4 Å². The first-order valence-electron chi connectivity index (χ1n) is 11.6. The zero-order valence-electron chi connectivity index (χ0n) is 22.3. The van der Waals surface area contributed by atoms with E-state index in [2.05, 4.69) is 15.6 Å². The fourth-order valence-electron chi connectivity index (χ4n) is 3.66. The Morgan fingerprint density at radius 2 is 1.68 bits per heavy atom. The van der Waals surface area contributed by atoms with Gasteiger partial charge in [-0.1, -0.05) is 23.5 Å². The summed E-state index contributed by atoms with van der Waals surface area (Å²) in [7, 11) is 1.31. The monoisotopic (exact) mass is 590 g/mol. The van der Waals surface area contributed by atoms with Crippen molar-refractivity contribution >= 4 is 79.6 Å². The Morgan fingerprint density at radius 1 is 1.03 bits per heavy atom. The van der Waals surface area contributed by atoms with Crippen molar-refractivity contribution < 1.29 is 28.7 Å². The average molecular weight is 591 g/mol. The van der Waals surface area contributed by atoms with Crippen LogP contribution < -0.4 is 10.6 Å². The molecule has 0 spiro atoms. The topological polar surface area (TPSA) is 136 Å². The van der Waals surface area contributed by atoms with E-state index in [0.717, 1.165) is 16.8 Å². The molecule has 0 aromatic heterocycles. The molecule has 0 unspecified atom stereocenters. The maximum absolute atomic E-state index is 13.4. The van der Waals surface area contributed by atoms with Crippen molar-refractivity contribution in [2.45, 2.75) is 76.2 Å². The molecule has 1 fully saturated rings. The minimum atomic E-state index is -1.09. The molecule has 3 aliphatic rings. The van der Waals surface area contributed by atoms with E-state index in [1.165, 1.54) is 42.4 Å². The molecule has 1 saturated heterocycles. The van der Waals surface area contributed by atoms with Crippen molar-refractivity contribution in [3.05, 3.63) is 0 Å². The van der Waals surface area contributed by atoms with Gasteiger partial charge in [-0.3, -0.25) is 19.6 Å². The Labute approximate surface area is 234 Å². The van der Waals surface area contributed by atoms with Crippen LogP contribution in [0.4, 0.5) is 9.59 Å². The van der Waals surface area contributed by atoms with Crippen molar-refractivity contribution in [1.29, 1.82) is 0 Å². The Hall–Kier alpha value is -1.38. The Morgan fingerprint density at radius 3 is 2.24 bits per heavy atom. The number of hydrogen-bond acceptors (Lipinski definition) is 12. The Balaban J connectivity index is 1.80. The number of carbonyl (C=O) groups excluding carboxylic acids is 4. The van der Waals surface area contributed by atoms with Gasteiger partial charge in [0.05, 0.1) is 28.3 Å². The van der Waals surface area contributed by atoms with E-state index in [0.29, 0.717) is 22.3 Å². The van der Waals surface area contributed by atoms with Crippen LogP contribution in [0.2, 0.25) is 0 Å². The van der Waals surface area contributed by atoms with E-state index in [1.807, 2.05) is 6.92 Å². The van der Waals surface area contributed by atoms with Gasteiger partial charge in [0.2, 0.25) is 5.12 Å². The number of nitrogens with one attached hydrogen (secondary N) is 2. The number of rotatable bonds is 7. The van der Waals surface area contributed by atoms with Crippen LogP contribution in [0, 0.1) is 0 Å². The van der Waals surface area contributed by atoms with E-state index in [4.69, 9.17) is 14.5 Å². The quantitative estimate of drug-likeness (QED) is 0.422. The molecule has 0 saturated carbocycles. The van der Waals surface area contributed by atoms with E-state index in [-0.39, 0.29) is 16.1 Å². The van der Waals surface area contributed by atoms with Gasteiger partial charge in [-0.15, -0.1) is 23.5 Å². The van der Waals surface area contributed by atoms with Crippen molar-refractivity contribution in [3.63, 3.8) is 0 Å². The number of ether oxygens (including phenoxy) is 2. The number of nitrogens with zero attached hydrogens (tertiary/aromatic N) is 2. The number of esters is 1. The lowest BCUT2D eigenvalue weighted by molar-refractivity contribution is -0.145. The van der Waals surface area contributed by atoms with Gasteiger partial charge in [-0.05, 0) is 48.5 Å². The third-order valence-electron chi connectivity index (χ3n) is 5.82. The predicted molar refractivity (Wildman–Crippen MR) is 153 cm³/mol. The second-order valence-electron chi connectivity index (χ2n) is 11.0. The normalized spacial score (nSPS) is 31.2. The molecule has 0 radical (unpaired) electrons. The highest BCUT2D eigenvalue weighted by Crippen LogP contribution is 2.40. The van der Waals surface area contributed by atoms with Gasteiger partial charge >= 0.3 is 12.1 Å². The summed E-state index contributed by atoms with van der Waals surface area (Å²) in [6.07, 6.45) is -0.650. The summed E-state index contributed by atoms with van der Waals surface area (Å²) in [6, 6.07) is 0. The van der Waals surface area contributed by atoms with Crippen LogP contribution in [0.15, 0.2) is 9.98 Å². The summed E-state index contributed by atoms with van der Waals surface area (Å²) in [5.41, 5.74) is -4.47. The first-order valence-corrected chi connectivity index (χ1v) is 15.6. The first kappa shape index (κ1) is 30.2. The molecular weight excluding hydrogens is 557 g/mol. The van der Waals surface area contributed by atoms with Crippen molar-refractivity contribution in [2.75, 3.05) is 30.1 Å². The zero-order valence-corrected chi connectivity index (χ0v) is 25.6. The van der Waals surface area contributed by atoms with E-state index >= 15 is 0 Å². The van der Waals surface area contributed by atoms with Crippen LogP contribution >= 0.6 is 47.0 Å². The number of methoxy groups -OCH3 is 1. The van der Waals surface area contributed by atoms with E-state index < -0.39 is 39.8 Å². The molecule has 3 aliphatic heterocycles. The molecule has 0 aliphatic carbocycles. The summed E-state index contributed by atoms with van der Waals surface area (Å²) in [5.74, 6) is 1.05. The molecule has 2 N–H and O–H groups in total. The third kappa shape index (κ3) is 6.80. The van der Waals surface area contributed by atoms with Crippen LogP contribution in [0.5, 0.6) is 0 Å². The molecule has 0 aromatic carbocycles. The SMILES string of the molecule is COC(=O)[C@]1(C)CSC([C@](C)(CSC(=O)[C@]2(C)CSC([C@]3(C)CSC(=O)N3)=N2)NC(=O)OC(C)(C)C)=N1. The number of alkyl carbamates (subject to hydrolysis) is 1. The van der Waals surface area contributed by atoms with Gasteiger partial charge in [-0.25, -0.2) is 9.59 Å². The highest BCUT2D eigenvalue weighted by Gasteiger charge is 2.49. The molecule has 3 rings (SSSR count). The number of amides is 2. The molecule has 0 aromatic rings. The third-order valence-corrected chi connectivity index (χ3v) is 11.4. The highest BCUT2D eigenvalue weighted by molar-refractivity contribution is 8.17. The first-order chi connectivity index (χ1) is 16.9. The molecule has 2 amide bonds. The van der Waals surface area contributed by atoms with Crippen LogP contribution in [0.1, 0.15) is 48.5 Å². The van der Waals surface area contributed by atoms with Gasteiger partial charge in [0.25, 0.3) is 5.24 Å². The minimum Gasteiger partial charge on any atom is -0.467 e. The standard InChI is InChI=1S/C23H34N4O6S4/c1-19(2,3)33-17(30)26-20(4,13-24-22(6,11-34-13)15(28)32-8)9-36-16(29)23(7)12-35-14(25-23)21(5)10-37-18(31)27-21/h9-12H2,1-8H3,(H,26,30)(H,27,31)/t20-,21-,22-,23-/m0/s1. The Bertz CT molecular complexity index is 1060. The number of aliphatic imine (C=N–C) groups is 2. The molecule has 206 valence electrons. The summed E-state index contributed by atoms with van der Waals surface area (Å²) < 4.78 is 10.4. The van der Waals surface area contributed by atoms with Crippen LogP contribution in [-0.2, 0) is 19.1 Å². The largest absolute Gasteiger partial charge is 0.467 e. The molecule has 14 heteroatoms. The van der Waals surface area contributed by atoms with Crippen molar-refractivity contribution in [1.82, 2.24) is 10.6 Å². The lowest BCUT2D eigenvalue weighted by Crippen LogP contribution is -2.54. The Kier molecular flexibility index (Phi) is 8.68. The average Bonchev–Trinajstić information content (AvgIpc) is 3.49. The second-order valence-corrected chi connectivity index (χ2v) is 14.8. The maximum atomic E-state index is 13.4. The minimum absolute atomic E-state index is 0.0992. The summed E-state index contributed by atoms with van der Waals surface area (Å²) in [4.78, 5) is 59.6. The maximum Gasteiger partial charge on any atom is 0.408 e. The number of thioether (sulfide) groups is 4. The van der Waals surface area contributed by atoms with Crippen molar-refractivity contribution in [3.8, 4) is 0 Å². The smallest absolute Gasteiger partial charge is 0.408 e. The van der Waals surface area contributed by atoms with E-state index in [1.54, 1.807) is 41.5 Å². The molecule has 3 heterocycles. The molecule has 37 heavy (non-hydrogen) atoms. The van der Waals surface area contributed by atoms with Crippen molar-refractivity contribution in [2.24, 2.45) is 9.98 Å². The molecule has 0 bridgehead atoms. The lowest BCUT2D eigenvalue weighted by atomic mass is 10.0.